The molecule has 0 radical (unpaired) electrons. The number of piperidine rings is 1. The van der Waals surface area contributed by atoms with Crippen molar-refractivity contribution in [3.05, 3.63) is 22.6 Å². The molecule has 0 saturated carbocycles. The molecule has 2 bridgehead atoms. The fourth-order valence-electron chi connectivity index (χ4n) is 3.29. The number of carbonyl (C=O) groups excluding carboxylic acids is 1. The molecule has 7 heteroatoms. The number of carbonyl (C=O) groups is 1. The van der Waals surface area contributed by atoms with Gasteiger partial charge in [-0.15, -0.1) is 0 Å². The van der Waals surface area contributed by atoms with E-state index < -0.39 is 17.8 Å². The molecule has 4 nitrogen and oxygen atoms in total. The van der Waals surface area contributed by atoms with E-state index in [0.29, 0.717) is 19.0 Å². The second-order valence-corrected chi connectivity index (χ2v) is 5.86. The monoisotopic (exact) mass is 302 g/mol. The number of furan rings is 1. The first kappa shape index (κ1) is 14.4. The Morgan fingerprint density at radius 2 is 2.05 bits per heavy atom. The van der Waals surface area contributed by atoms with E-state index in [1.165, 1.54) is 13.8 Å². The van der Waals surface area contributed by atoms with Crippen molar-refractivity contribution in [1.82, 2.24) is 10.2 Å². The first-order valence-corrected chi connectivity index (χ1v) is 6.98. The summed E-state index contributed by atoms with van der Waals surface area (Å²) in [6, 6.07) is -0.0214. The Hall–Kier alpha value is -1.50. The lowest BCUT2D eigenvalue weighted by atomic mass is 10.0. The van der Waals surface area contributed by atoms with Gasteiger partial charge in [0.05, 0.1) is 5.56 Å². The molecule has 2 unspecified atom stereocenters. The highest BCUT2D eigenvalue weighted by molar-refractivity contribution is 5.97. The standard InChI is InChI=1S/C14H17F3N2O2/c1-7-8(2)21-12(14(15,16)17)11(7)13(20)19-6-9-3-10(19)5-18-4-9/h9-10,18H,3-6H2,1-2H3. The van der Waals surface area contributed by atoms with Crippen molar-refractivity contribution in [3.8, 4) is 0 Å². The van der Waals surface area contributed by atoms with Crippen molar-refractivity contribution in [1.29, 1.82) is 0 Å². The fraction of sp³-hybridized carbons (Fsp3) is 0.643. The van der Waals surface area contributed by atoms with E-state index >= 15 is 0 Å². The molecule has 2 saturated heterocycles. The van der Waals surface area contributed by atoms with E-state index in [-0.39, 0.29) is 22.9 Å². The molecule has 0 aliphatic carbocycles. The van der Waals surface area contributed by atoms with Gasteiger partial charge in [0.1, 0.15) is 5.76 Å². The molecule has 0 aromatic carbocycles. The van der Waals surface area contributed by atoms with Crippen LogP contribution >= 0.6 is 0 Å². The largest absolute Gasteiger partial charge is 0.456 e. The Labute approximate surface area is 120 Å². The third-order valence-corrected chi connectivity index (χ3v) is 4.43. The minimum Gasteiger partial charge on any atom is -0.456 e. The van der Waals surface area contributed by atoms with Gasteiger partial charge in [0, 0.05) is 24.7 Å². The molecule has 2 aliphatic rings. The Morgan fingerprint density at radius 1 is 1.33 bits per heavy atom. The lowest BCUT2D eigenvalue weighted by Gasteiger charge is -2.25. The van der Waals surface area contributed by atoms with Crippen LogP contribution in [0.15, 0.2) is 4.42 Å². The Bertz CT molecular complexity index is 580. The molecule has 2 aliphatic heterocycles. The number of hydrogen-bond donors (Lipinski definition) is 1. The van der Waals surface area contributed by atoms with Crippen molar-refractivity contribution in [2.45, 2.75) is 32.5 Å². The van der Waals surface area contributed by atoms with Crippen molar-refractivity contribution in [3.63, 3.8) is 0 Å². The quantitative estimate of drug-likeness (QED) is 0.866. The number of rotatable bonds is 1. The maximum Gasteiger partial charge on any atom is 0.450 e. The summed E-state index contributed by atoms with van der Waals surface area (Å²) in [4.78, 5) is 14.2. The Morgan fingerprint density at radius 3 is 2.67 bits per heavy atom. The SMILES string of the molecule is Cc1oc(C(F)(F)F)c(C(=O)N2CC3CNCC2C3)c1C. The molecule has 21 heavy (non-hydrogen) atoms. The molecule has 1 aromatic rings. The molecule has 1 aromatic heterocycles. The Kier molecular flexibility index (Phi) is 3.27. The number of alkyl halides is 3. The number of likely N-dealkylation sites (tertiary alicyclic amines) is 1. The lowest BCUT2D eigenvalue weighted by Crippen LogP contribution is -2.42. The molecule has 3 rings (SSSR count). The van der Waals surface area contributed by atoms with E-state index in [9.17, 15) is 18.0 Å². The zero-order valence-corrected chi connectivity index (χ0v) is 11.9. The summed E-state index contributed by atoms with van der Waals surface area (Å²) >= 11 is 0. The van der Waals surface area contributed by atoms with E-state index in [1.54, 1.807) is 4.90 Å². The van der Waals surface area contributed by atoms with Gasteiger partial charge >= 0.3 is 6.18 Å². The van der Waals surface area contributed by atoms with Gasteiger partial charge in [0.2, 0.25) is 5.76 Å². The zero-order chi connectivity index (χ0) is 15.4. The molecule has 2 fully saturated rings. The highest BCUT2D eigenvalue weighted by Gasteiger charge is 2.45. The second-order valence-electron chi connectivity index (χ2n) is 5.86. The van der Waals surface area contributed by atoms with Crippen LogP contribution in [-0.4, -0.2) is 36.5 Å². The lowest BCUT2D eigenvalue weighted by molar-refractivity contribution is -0.153. The number of nitrogens with one attached hydrogen (secondary N) is 1. The van der Waals surface area contributed by atoms with E-state index in [1.807, 2.05) is 0 Å². The minimum atomic E-state index is -4.66. The van der Waals surface area contributed by atoms with Gasteiger partial charge in [0.15, 0.2) is 0 Å². The van der Waals surface area contributed by atoms with E-state index in [4.69, 9.17) is 4.42 Å². The van der Waals surface area contributed by atoms with Crippen molar-refractivity contribution < 1.29 is 22.4 Å². The molecule has 2 atom stereocenters. The number of aryl methyl sites for hydroxylation is 1. The maximum atomic E-state index is 13.1. The van der Waals surface area contributed by atoms with Gasteiger partial charge in [-0.25, -0.2) is 0 Å². The molecular formula is C14H17F3N2O2. The van der Waals surface area contributed by atoms with Crippen LogP contribution in [0.5, 0.6) is 0 Å². The summed E-state index contributed by atoms with van der Waals surface area (Å²) in [5, 5.41) is 3.21. The summed E-state index contributed by atoms with van der Waals surface area (Å²) in [6.45, 7) is 4.92. The van der Waals surface area contributed by atoms with Crippen LogP contribution in [-0.2, 0) is 6.18 Å². The zero-order valence-electron chi connectivity index (χ0n) is 11.9. The number of nitrogens with zero attached hydrogens (tertiary/aromatic N) is 1. The Balaban J connectivity index is 1.98. The smallest absolute Gasteiger partial charge is 0.450 e. The van der Waals surface area contributed by atoms with Gasteiger partial charge in [-0.2, -0.15) is 13.2 Å². The fourth-order valence-corrected chi connectivity index (χ4v) is 3.29. The first-order chi connectivity index (χ1) is 9.79. The van der Waals surface area contributed by atoms with Gasteiger partial charge in [-0.3, -0.25) is 4.79 Å². The number of fused-ring (bicyclic) bond motifs is 2. The van der Waals surface area contributed by atoms with Crippen molar-refractivity contribution >= 4 is 5.91 Å². The summed E-state index contributed by atoms with van der Waals surface area (Å²) < 4.78 is 44.1. The van der Waals surface area contributed by atoms with Crippen LogP contribution in [0.2, 0.25) is 0 Å². The first-order valence-electron chi connectivity index (χ1n) is 6.98. The van der Waals surface area contributed by atoms with Crippen LogP contribution in [0.25, 0.3) is 0 Å². The summed E-state index contributed by atoms with van der Waals surface area (Å²) in [7, 11) is 0. The third-order valence-electron chi connectivity index (χ3n) is 4.43. The predicted octanol–water partition coefficient (Wildman–Crippen LogP) is 2.35. The van der Waals surface area contributed by atoms with Crippen molar-refractivity contribution in [2.75, 3.05) is 19.6 Å². The predicted molar refractivity (Wildman–Crippen MR) is 69.0 cm³/mol. The van der Waals surface area contributed by atoms with Crippen molar-refractivity contribution in [2.24, 2.45) is 5.92 Å². The van der Waals surface area contributed by atoms with E-state index in [2.05, 4.69) is 5.32 Å². The summed E-state index contributed by atoms with van der Waals surface area (Å²) in [5.74, 6) is -1.26. The molecular weight excluding hydrogens is 285 g/mol. The van der Waals surface area contributed by atoms with Gasteiger partial charge in [-0.05, 0) is 32.7 Å². The number of amides is 1. The molecule has 1 N–H and O–H groups in total. The number of hydrogen-bond acceptors (Lipinski definition) is 3. The maximum absolute atomic E-state index is 13.1. The normalized spacial score (nSPS) is 25.5. The average molecular weight is 302 g/mol. The summed E-state index contributed by atoms with van der Waals surface area (Å²) in [5.41, 5.74) is -0.0470. The minimum absolute atomic E-state index is 0.0214. The van der Waals surface area contributed by atoms with E-state index in [0.717, 1.165) is 13.0 Å². The molecule has 3 heterocycles. The van der Waals surface area contributed by atoms with Gasteiger partial charge in [0.25, 0.3) is 5.91 Å². The van der Waals surface area contributed by atoms with Crippen LogP contribution in [0.3, 0.4) is 0 Å². The van der Waals surface area contributed by atoms with Gasteiger partial charge < -0.3 is 14.6 Å². The van der Waals surface area contributed by atoms with Crippen LogP contribution < -0.4 is 5.32 Å². The van der Waals surface area contributed by atoms with Crippen LogP contribution in [0.4, 0.5) is 13.2 Å². The number of halogens is 3. The third kappa shape index (κ3) is 2.33. The van der Waals surface area contributed by atoms with Crippen LogP contribution in [0, 0.1) is 19.8 Å². The highest BCUT2D eigenvalue weighted by atomic mass is 19.4. The molecule has 116 valence electrons. The average Bonchev–Trinajstić information content (AvgIpc) is 2.87. The second kappa shape index (κ2) is 4.76. The topological polar surface area (TPSA) is 45.5 Å². The van der Waals surface area contributed by atoms with Crippen LogP contribution in [0.1, 0.15) is 33.9 Å². The molecule has 0 spiro atoms. The molecule has 1 amide bonds. The highest BCUT2D eigenvalue weighted by Crippen LogP contribution is 2.38. The summed E-state index contributed by atoms with van der Waals surface area (Å²) in [6.07, 6.45) is -3.80. The van der Waals surface area contributed by atoms with Gasteiger partial charge in [-0.1, -0.05) is 0 Å².